The summed E-state index contributed by atoms with van der Waals surface area (Å²) in [5, 5.41) is 32.8. The van der Waals surface area contributed by atoms with Crippen LogP contribution in [0.15, 0.2) is 48.2 Å². The van der Waals surface area contributed by atoms with Gasteiger partial charge < -0.3 is 15.3 Å². The van der Waals surface area contributed by atoms with Crippen molar-refractivity contribution in [3.8, 4) is 5.75 Å². The van der Waals surface area contributed by atoms with Crippen LogP contribution in [0.5, 0.6) is 5.75 Å². The van der Waals surface area contributed by atoms with Gasteiger partial charge in [-0.15, -0.1) is 0 Å². The van der Waals surface area contributed by atoms with Gasteiger partial charge in [-0.1, -0.05) is 24.3 Å². The molecule has 0 aliphatic heterocycles. The highest BCUT2D eigenvalue weighted by molar-refractivity contribution is 6.52. The number of aromatic hydroxyl groups is 1. The van der Waals surface area contributed by atoms with E-state index in [4.69, 9.17) is 0 Å². The van der Waals surface area contributed by atoms with Crippen molar-refractivity contribution >= 4 is 38.9 Å². The van der Waals surface area contributed by atoms with E-state index in [0.29, 0.717) is 10.8 Å². The molecule has 4 rings (SSSR count). The Morgan fingerprint density at radius 2 is 1.35 bits per heavy atom. The van der Waals surface area contributed by atoms with Crippen molar-refractivity contribution in [1.82, 2.24) is 0 Å². The van der Waals surface area contributed by atoms with Gasteiger partial charge in [-0.3, -0.25) is 9.59 Å². The molecule has 1 aliphatic carbocycles. The molecule has 0 amide bonds. The molecule has 5 heteroatoms. The van der Waals surface area contributed by atoms with Gasteiger partial charge in [0.05, 0.1) is 5.56 Å². The number of phenolic OH excluding ortho intramolecular Hbond substituents is 1. The maximum absolute atomic E-state index is 12.1. The first-order chi connectivity index (χ1) is 11.0. The van der Waals surface area contributed by atoms with E-state index in [1.807, 2.05) is 24.3 Å². The Balaban J connectivity index is 2.18. The summed E-state index contributed by atoms with van der Waals surface area (Å²) in [6, 6.07) is 12.5. The van der Waals surface area contributed by atoms with Gasteiger partial charge >= 0.3 is 0 Å². The van der Waals surface area contributed by atoms with Gasteiger partial charge in [0.15, 0.2) is 5.76 Å². The molecule has 0 fully saturated rings. The predicted octanol–water partition coefficient (Wildman–Crippen LogP) is 3.25. The number of carbonyl (C=O) groups excluding carboxylic acids is 2. The van der Waals surface area contributed by atoms with Crippen LogP contribution in [0.4, 0.5) is 0 Å². The quantitative estimate of drug-likeness (QED) is 0.438. The largest absolute Gasteiger partial charge is 0.506 e. The number of hydrogen-bond donors (Lipinski definition) is 3. The summed E-state index contributed by atoms with van der Waals surface area (Å²) in [4.78, 5) is 23.8. The van der Waals surface area contributed by atoms with Crippen molar-refractivity contribution < 1.29 is 24.9 Å². The Hall–Kier alpha value is -3.34. The topological polar surface area (TPSA) is 94.8 Å². The minimum Gasteiger partial charge on any atom is -0.506 e. The highest BCUT2D eigenvalue weighted by Crippen LogP contribution is 2.39. The lowest BCUT2D eigenvalue weighted by Gasteiger charge is -2.17. The van der Waals surface area contributed by atoms with Crippen LogP contribution in [-0.2, 0) is 4.79 Å². The SMILES string of the molecule is O=C1C(=O)c2c(cc3cc4ccccc4cc3c2O)C(O)=C1O. The molecule has 0 radical (unpaired) electrons. The number of rotatable bonds is 0. The molecule has 0 bridgehead atoms. The maximum Gasteiger partial charge on any atom is 0.271 e. The lowest BCUT2D eigenvalue weighted by molar-refractivity contribution is -0.114. The van der Waals surface area contributed by atoms with E-state index in [-0.39, 0.29) is 16.9 Å². The fraction of sp³-hybridized carbons (Fsp3) is 0. The van der Waals surface area contributed by atoms with Crippen molar-refractivity contribution in [3.63, 3.8) is 0 Å². The average Bonchev–Trinajstić information content (AvgIpc) is 2.56. The molecule has 1 aliphatic rings. The molecule has 0 saturated heterocycles. The van der Waals surface area contributed by atoms with Gasteiger partial charge in [0.2, 0.25) is 11.5 Å². The third kappa shape index (κ3) is 1.67. The summed E-state index contributed by atoms with van der Waals surface area (Å²) in [5.74, 6) is -4.34. The van der Waals surface area contributed by atoms with E-state index < -0.39 is 23.1 Å². The van der Waals surface area contributed by atoms with Gasteiger partial charge in [0.1, 0.15) is 5.75 Å². The zero-order valence-corrected chi connectivity index (χ0v) is 11.7. The molecule has 0 unspecified atom stereocenters. The summed E-state index contributed by atoms with van der Waals surface area (Å²) in [5.41, 5.74) is -0.333. The molecule has 3 N–H and O–H groups in total. The summed E-state index contributed by atoms with van der Waals surface area (Å²) in [7, 11) is 0. The standard InChI is InChI=1S/C18H10O5/c19-14-11-6-9-4-2-1-3-8(9)5-10(11)7-12-13(14)16(21)18(23)17(22)15(12)20/h1-7,19-20,22H. The zero-order valence-electron chi connectivity index (χ0n) is 11.7. The van der Waals surface area contributed by atoms with E-state index in [2.05, 4.69) is 0 Å². The molecular weight excluding hydrogens is 296 g/mol. The second kappa shape index (κ2) is 4.33. The number of allylic oxidation sites excluding steroid dienone is 1. The van der Waals surface area contributed by atoms with Gasteiger partial charge in [-0.2, -0.15) is 0 Å². The second-order valence-electron chi connectivity index (χ2n) is 5.42. The van der Waals surface area contributed by atoms with Gasteiger partial charge in [0, 0.05) is 10.9 Å². The van der Waals surface area contributed by atoms with Crippen LogP contribution in [0, 0.1) is 0 Å². The Kier molecular flexibility index (Phi) is 2.51. The van der Waals surface area contributed by atoms with Crippen molar-refractivity contribution in [3.05, 3.63) is 59.4 Å². The number of fused-ring (bicyclic) bond motifs is 3. The Morgan fingerprint density at radius 1 is 0.696 bits per heavy atom. The highest BCUT2D eigenvalue weighted by atomic mass is 16.3. The van der Waals surface area contributed by atoms with Crippen LogP contribution in [0.3, 0.4) is 0 Å². The van der Waals surface area contributed by atoms with E-state index in [1.54, 1.807) is 12.1 Å². The number of phenols is 1. The number of hydrogen-bond acceptors (Lipinski definition) is 5. The molecule has 5 nitrogen and oxygen atoms in total. The van der Waals surface area contributed by atoms with E-state index >= 15 is 0 Å². The summed E-state index contributed by atoms with van der Waals surface area (Å²) >= 11 is 0. The van der Waals surface area contributed by atoms with Gasteiger partial charge in [-0.05, 0) is 34.4 Å². The first-order valence-electron chi connectivity index (χ1n) is 6.89. The zero-order chi connectivity index (χ0) is 16.3. The van der Waals surface area contributed by atoms with Gasteiger partial charge in [-0.25, -0.2) is 0 Å². The smallest absolute Gasteiger partial charge is 0.271 e. The molecule has 0 heterocycles. The fourth-order valence-corrected chi connectivity index (χ4v) is 2.95. The molecule has 23 heavy (non-hydrogen) atoms. The number of aliphatic hydroxyl groups excluding tert-OH is 2. The molecule has 112 valence electrons. The molecule has 0 atom stereocenters. The van der Waals surface area contributed by atoms with Crippen LogP contribution in [0.2, 0.25) is 0 Å². The molecule has 0 aromatic heterocycles. The Bertz CT molecular complexity index is 1080. The number of aliphatic hydroxyl groups is 2. The van der Waals surface area contributed by atoms with E-state index in [9.17, 15) is 24.9 Å². The summed E-state index contributed by atoms with van der Waals surface area (Å²) < 4.78 is 0. The van der Waals surface area contributed by atoms with Crippen molar-refractivity contribution in [2.24, 2.45) is 0 Å². The Labute approximate surface area is 129 Å². The minimum atomic E-state index is -1.23. The lowest BCUT2D eigenvalue weighted by Crippen LogP contribution is -2.24. The molecular formula is C18H10O5. The van der Waals surface area contributed by atoms with Crippen molar-refractivity contribution in [1.29, 1.82) is 0 Å². The van der Waals surface area contributed by atoms with Crippen LogP contribution < -0.4 is 0 Å². The van der Waals surface area contributed by atoms with Crippen molar-refractivity contribution in [2.45, 2.75) is 0 Å². The third-order valence-corrected chi connectivity index (χ3v) is 4.11. The Morgan fingerprint density at radius 3 is 2.04 bits per heavy atom. The van der Waals surface area contributed by atoms with Crippen molar-refractivity contribution in [2.75, 3.05) is 0 Å². The van der Waals surface area contributed by atoms with E-state index in [1.165, 1.54) is 6.07 Å². The van der Waals surface area contributed by atoms with Crippen LogP contribution in [-0.4, -0.2) is 26.9 Å². The predicted molar refractivity (Wildman–Crippen MR) is 84.6 cm³/mol. The normalized spacial score (nSPS) is 14.6. The lowest BCUT2D eigenvalue weighted by atomic mass is 9.88. The van der Waals surface area contributed by atoms with Gasteiger partial charge in [0.25, 0.3) is 5.78 Å². The fourth-order valence-electron chi connectivity index (χ4n) is 2.95. The molecule has 0 saturated carbocycles. The second-order valence-corrected chi connectivity index (χ2v) is 5.42. The van der Waals surface area contributed by atoms with E-state index in [0.717, 1.165) is 10.8 Å². The monoisotopic (exact) mass is 306 g/mol. The minimum absolute atomic E-state index is 0.0487. The first kappa shape index (κ1) is 13.3. The number of ketones is 2. The summed E-state index contributed by atoms with van der Waals surface area (Å²) in [6.45, 7) is 0. The number of Topliss-reactive ketones (excluding diaryl/α,β-unsaturated/α-hetero) is 2. The average molecular weight is 306 g/mol. The molecule has 0 spiro atoms. The molecule has 3 aromatic carbocycles. The number of benzene rings is 3. The van der Waals surface area contributed by atoms with Crippen LogP contribution in [0.25, 0.3) is 27.3 Å². The highest BCUT2D eigenvalue weighted by Gasteiger charge is 2.36. The first-order valence-corrected chi connectivity index (χ1v) is 6.89. The van der Waals surface area contributed by atoms with Crippen LogP contribution in [0.1, 0.15) is 15.9 Å². The third-order valence-electron chi connectivity index (χ3n) is 4.11. The maximum atomic E-state index is 12.1. The number of carbonyl (C=O) groups is 2. The molecule has 3 aromatic rings. The van der Waals surface area contributed by atoms with Crippen LogP contribution >= 0.6 is 0 Å². The summed E-state index contributed by atoms with van der Waals surface area (Å²) in [6.07, 6.45) is 0.